The molecule has 4 rings (SSSR count). The summed E-state index contributed by atoms with van der Waals surface area (Å²) >= 11 is 0. The Labute approximate surface area is 203 Å². The molecule has 36 heavy (non-hydrogen) atoms. The fraction of sp³-hybridized carbons (Fsp3) is 0.368. The van der Waals surface area contributed by atoms with E-state index in [4.69, 9.17) is 19.5 Å². The number of rotatable bonds is 10. The van der Waals surface area contributed by atoms with Crippen LogP contribution in [0.25, 0.3) is 11.2 Å². The predicted molar refractivity (Wildman–Crippen MR) is 122 cm³/mol. The van der Waals surface area contributed by atoms with Gasteiger partial charge in [-0.3, -0.25) is 24.6 Å². The molecule has 0 bridgehead atoms. The van der Waals surface area contributed by atoms with E-state index in [0.717, 1.165) is 0 Å². The highest BCUT2D eigenvalue weighted by Crippen LogP contribution is 2.46. The van der Waals surface area contributed by atoms with Crippen molar-refractivity contribution < 1.29 is 43.7 Å². The molecule has 0 spiro atoms. The average Bonchev–Trinajstić information content (AvgIpc) is 3.38. The van der Waals surface area contributed by atoms with Crippen LogP contribution < -0.4 is 20.8 Å². The Hall–Kier alpha value is -3.37. The number of carbonyl (C=O) groups is 1. The molecule has 0 amide bonds. The molecule has 1 saturated heterocycles. The van der Waals surface area contributed by atoms with Crippen LogP contribution >= 0.6 is 7.75 Å². The maximum Gasteiger partial charge on any atom is 0.459 e. The molecule has 3 heterocycles. The van der Waals surface area contributed by atoms with E-state index in [2.05, 4.69) is 20.0 Å². The molecular formula is C19H24N7O9P. The summed E-state index contributed by atoms with van der Waals surface area (Å²) in [5, 5.41) is 42.0. The number of ether oxygens (including phenoxy) is 1. The topological polar surface area (TPSA) is 236 Å². The van der Waals surface area contributed by atoms with Crippen molar-refractivity contribution >= 4 is 36.6 Å². The van der Waals surface area contributed by atoms with Crippen LogP contribution in [-0.4, -0.2) is 77.0 Å². The number of aliphatic hydroxyl groups is 2. The van der Waals surface area contributed by atoms with E-state index >= 15 is 0 Å². The molecule has 6 atom stereocenters. The molecule has 0 aliphatic carbocycles. The molecule has 0 radical (unpaired) electrons. The highest BCUT2D eigenvalue weighted by atomic mass is 31.2. The summed E-state index contributed by atoms with van der Waals surface area (Å²) in [6.45, 7) is 0.700. The van der Waals surface area contributed by atoms with E-state index < -0.39 is 50.9 Å². The third-order valence-corrected chi connectivity index (χ3v) is 6.90. The monoisotopic (exact) mass is 525 g/mol. The third kappa shape index (κ3) is 5.24. The fourth-order valence-corrected chi connectivity index (χ4v) is 4.98. The molecule has 16 nitrogen and oxygen atoms in total. The number of carboxylic acid groups (broad SMARTS) is 1. The van der Waals surface area contributed by atoms with Crippen molar-refractivity contribution in [1.82, 2.24) is 24.6 Å². The number of fused-ring (bicyclic) bond motifs is 1. The van der Waals surface area contributed by atoms with Gasteiger partial charge < -0.3 is 30.3 Å². The summed E-state index contributed by atoms with van der Waals surface area (Å²) in [7, 11) is -4.28. The lowest BCUT2D eigenvalue weighted by Gasteiger charge is -2.24. The molecular weight excluding hydrogens is 501 g/mol. The van der Waals surface area contributed by atoms with E-state index in [0.29, 0.717) is 0 Å². The van der Waals surface area contributed by atoms with Crippen LogP contribution in [0.5, 0.6) is 5.75 Å². The Morgan fingerprint density at radius 3 is 2.67 bits per heavy atom. The van der Waals surface area contributed by atoms with Crippen molar-refractivity contribution in [3.8, 4) is 5.75 Å². The van der Waals surface area contributed by atoms with Crippen molar-refractivity contribution in [2.45, 2.75) is 37.5 Å². The van der Waals surface area contributed by atoms with Gasteiger partial charge in [-0.15, -0.1) is 0 Å². The van der Waals surface area contributed by atoms with Crippen molar-refractivity contribution in [2.75, 3.05) is 17.8 Å². The standard InChI is InChI=1S/C19H24N7O9P/c1-9(18(29)30)25-36(32,35-10-5-3-2-4-6-10)33-7-11-13(27)14(28)17(34-11)26-8-21-12-15(24-31)22-19(20)23-16(12)26/h2-6,8-9,11,13-14,17,27-28,31H,7H2,1H3,(H,25,32)(H,29,30)(H3,20,22,23,24)/t9-,11-,13-,14-,17-,36+/m1/s1. The first-order valence-electron chi connectivity index (χ1n) is 10.5. The largest absolute Gasteiger partial charge is 0.480 e. The van der Waals surface area contributed by atoms with Gasteiger partial charge in [0.15, 0.2) is 23.2 Å². The average molecular weight is 525 g/mol. The Bertz CT molecular complexity index is 1280. The molecule has 1 aromatic carbocycles. The number of nitrogens with zero attached hydrogens (tertiary/aromatic N) is 4. The van der Waals surface area contributed by atoms with Gasteiger partial charge in [0.2, 0.25) is 5.95 Å². The number of anilines is 2. The summed E-state index contributed by atoms with van der Waals surface area (Å²) in [4.78, 5) is 23.2. The van der Waals surface area contributed by atoms with Crippen LogP contribution in [0, 0.1) is 0 Å². The number of hydrogen-bond donors (Lipinski definition) is 7. The van der Waals surface area contributed by atoms with Crippen LogP contribution in [0.2, 0.25) is 0 Å². The van der Waals surface area contributed by atoms with Crippen molar-refractivity contribution in [3.05, 3.63) is 36.7 Å². The molecule has 1 fully saturated rings. The summed E-state index contributed by atoms with van der Waals surface area (Å²) in [6.07, 6.45) is -4.21. The lowest BCUT2D eigenvalue weighted by Crippen LogP contribution is -2.36. The smallest absolute Gasteiger partial charge is 0.459 e. The molecule has 0 unspecified atom stereocenters. The van der Waals surface area contributed by atoms with Gasteiger partial charge >= 0.3 is 13.7 Å². The molecule has 3 aromatic rings. The number of aliphatic carboxylic acids is 1. The van der Waals surface area contributed by atoms with E-state index in [9.17, 15) is 29.9 Å². The van der Waals surface area contributed by atoms with E-state index in [-0.39, 0.29) is 28.7 Å². The first-order chi connectivity index (χ1) is 17.1. The highest BCUT2D eigenvalue weighted by molar-refractivity contribution is 7.52. The summed E-state index contributed by atoms with van der Waals surface area (Å²) in [5.74, 6) is -1.44. The SMILES string of the molecule is C[C@@H](N[P@](=O)(OC[C@H]1O[C@@H](n2cnc3c(NO)nc(N)nc32)[C@H](O)[C@@H]1O)Oc1ccccc1)C(=O)O. The van der Waals surface area contributed by atoms with Gasteiger partial charge in [-0.05, 0) is 19.1 Å². The Morgan fingerprint density at radius 1 is 1.28 bits per heavy atom. The minimum absolute atomic E-state index is 0.0817. The third-order valence-electron chi connectivity index (χ3n) is 5.26. The normalized spacial score (nSPS) is 24.3. The fourth-order valence-electron chi connectivity index (χ4n) is 3.47. The molecule has 0 saturated carbocycles. The van der Waals surface area contributed by atoms with Gasteiger partial charge in [0, 0.05) is 0 Å². The number of imidazole rings is 1. The second-order valence-corrected chi connectivity index (χ2v) is 9.49. The van der Waals surface area contributed by atoms with Gasteiger partial charge in [-0.2, -0.15) is 15.1 Å². The van der Waals surface area contributed by atoms with Crippen LogP contribution in [0.3, 0.4) is 0 Å². The number of nitrogens with two attached hydrogens (primary N) is 1. The van der Waals surface area contributed by atoms with Gasteiger partial charge in [-0.25, -0.2) is 9.55 Å². The minimum atomic E-state index is -4.28. The van der Waals surface area contributed by atoms with Gasteiger partial charge in [-0.1, -0.05) is 18.2 Å². The number of carboxylic acids is 1. The van der Waals surface area contributed by atoms with Crippen molar-refractivity contribution in [3.63, 3.8) is 0 Å². The Kier molecular flexibility index (Phi) is 7.37. The van der Waals surface area contributed by atoms with Gasteiger partial charge in [0.1, 0.15) is 30.1 Å². The Balaban J connectivity index is 1.53. The number of nitrogen functional groups attached to an aromatic ring is 1. The lowest BCUT2D eigenvalue weighted by atomic mass is 10.1. The molecule has 1 aliphatic rings. The van der Waals surface area contributed by atoms with Crippen molar-refractivity contribution in [2.24, 2.45) is 0 Å². The quantitative estimate of drug-likeness (QED) is 0.137. The zero-order chi connectivity index (χ0) is 26.0. The number of benzene rings is 1. The maximum atomic E-state index is 13.3. The lowest BCUT2D eigenvalue weighted by molar-refractivity contribution is -0.138. The summed E-state index contributed by atoms with van der Waals surface area (Å²) in [6, 6.07) is 6.63. The van der Waals surface area contributed by atoms with Crippen LogP contribution in [0.15, 0.2) is 36.7 Å². The number of aliphatic hydroxyl groups excluding tert-OH is 2. The molecule has 1 aliphatic heterocycles. The van der Waals surface area contributed by atoms with E-state index in [1.165, 1.54) is 30.0 Å². The number of aromatic nitrogens is 4. The van der Waals surface area contributed by atoms with Crippen LogP contribution in [-0.2, 0) is 18.6 Å². The van der Waals surface area contributed by atoms with Gasteiger partial charge in [0.25, 0.3) is 0 Å². The first kappa shape index (κ1) is 25.7. The van der Waals surface area contributed by atoms with E-state index in [1.807, 2.05) is 5.48 Å². The van der Waals surface area contributed by atoms with Crippen molar-refractivity contribution in [1.29, 1.82) is 0 Å². The molecule has 194 valence electrons. The second-order valence-electron chi connectivity index (χ2n) is 7.80. The number of para-hydroxylation sites is 1. The zero-order valence-electron chi connectivity index (χ0n) is 18.7. The molecule has 17 heteroatoms. The van der Waals surface area contributed by atoms with Crippen LogP contribution in [0.4, 0.5) is 11.8 Å². The minimum Gasteiger partial charge on any atom is -0.480 e. The maximum absolute atomic E-state index is 13.3. The molecule has 2 aromatic heterocycles. The molecule has 8 N–H and O–H groups in total. The summed E-state index contributed by atoms with van der Waals surface area (Å²) < 4.78 is 31.2. The number of hydrogen-bond acceptors (Lipinski definition) is 13. The second kappa shape index (κ2) is 10.3. The summed E-state index contributed by atoms with van der Waals surface area (Å²) in [5.41, 5.74) is 7.71. The zero-order valence-corrected chi connectivity index (χ0v) is 19.6. The van der Waals surface area contributed by atoms with Gasteiger partial charge in [0.05, 0.1) is 12.9 Å². The highest BCUT2D eigenvalue weighted by Gasteiger charge is 2.46. The predicted octanol–water partition coefficient (Wildman–Crippen LogP) is 0.0952. The van der Waals surface area contributed by atoms with E-state index in [1.54, 1.807) is 18.2 Å². The number of nitrogens with one attached hydrogen (secondary N) is 2. The Morgan fingerprint density at radius 2 is 2.00 bits per heavy atom. The first-order valence-corrected chi connectivity index (χ1v) is 12.1. The van der Waals surface area contributed by atoms with Crippen LogP contribution in [0.1, 0.15) is 13.2 Å².